The van der Waals surface area contributed by atoms with E-state index in [2.05, 4.69) is 35.6 Å². The van der Waals surface area contributed by atoms with Crippen LogP contribution in [0.5, 0.6) is 0 Å². The molecule has 0 bridgehead atoms. The van der Waals surface area contributed by atoms with Crippen molar-refractivity contribution >= 4 is 22.6 Å². The molecule has 1 atom stereocenters. The van der Waals surface area contributed by atoms with E-state index in [1.165, 1.54) is 10.8 Å². The molecule has 3 aromatic carbocycles. The summed E-state index contributed by atoms with van der Waals surface area (Å²) in [7, 11) is 0. The molecule has 0 saturated heterocycles. The fourth-order valence-corrected chi connectivity index (χ4v) is 3.96. The van der Waals surface area contributed by atoms with Crippen LogP contribution in [0, 0.1) is 6.92 Å². The third-order valence-corrected chi connectivity index (χ3v) is 5.59. The van der Waals surface area contributed by atoms with Crippen molar-refractivity contribution in [1.29, 1.82) is 0 Å². The lowest BCUT2D eigenvalue weighted by molar-refractivity contribution is -0.141. The van der Waals surface area contributed by atoms with Crippen molar-refractivity contribution in [3.8, 4) is 0 Å². The number of carbonyl (C=O) groups is 2. The summed E-state index contributed by atoms with van der Waals surface area (Å²) in [5.74, 6) is -0.153. The Morgan fingerprint density at radius 3 is 2.38 bits per heavy atom. The standard InChI is InChI=1S/C28H34N2O2/c1-20-10-8-11-22(18-20)19-30(21(2)27(32)29-28(3,4)5)26(31)17-16-24-14-9-13-23-12-6-7-15-25(23)24/h6-15,18,21H,16-17,19H2,1-5H3,(H,29,32). The van der Waals surface area contributed by atoms with Gasteiger partial charge < -0.3 is 10.2 Å². The highest BCUT2D eigenvalue weighted by molar-refractivity contribution is 5.89. The van der Waals surface area contributed by atoms with Gasteiger partial charge in [0.15, 0.2) is 0 Å². The number of nitrogens with zero attached hydrogens (tertiary/aromatic N) is 1. The Bertz CT molecular complexity index is 1090. The van der Waals surface area contributed by atoms with Gasteiger partial charge in [-0.15, -0.1) is 0 Å². The summed E-state index contributed by atoms with van der Waals surface area (Å²) in [5, 5.41) is 5.36. The fraction of sp³-hybridized carbons (Fsp3) is 0.357. The summed E-state index contributed by atoms with van der Waals surface area (Å²) >= 11 is 0. The second kappa shape index (κ2) is 9.99. The Balaban J connectivity index is 1.81. The van der Waals surface area contributed by atoms with Crippen LogP contribution in [0.1, 0.15) is 50.8 Å². The normalized spacial score (nSPS) is 12.4. The van der Waals surface area contributed by atoms with Gasteiger partial charge in [0, 0.05) is 18.5 Å². The first kappa shape index (κ1) is 23.5. The maximum Gasteiger partial charge on any atom is 0.242 e. The predicted octanol–water partition coefficient (Wildman–Crippen LogP) is 5.41. The van der Waals surface area contributed by atoms with Gasteiger partial charge in [-0.3, -0.25) is 9.59 Å². The highest BCUT2D eigenvalue weighted by Gasteiger charge is 2.28. The van der Waals surface area contributed by atoms with Gasteiger partial charge in [-0.2, -0.15) is 0 Å². The third-order valence-electron chi connectivity index (χ3n) is 5.59. The van der Waals surface area contributed by atoms with Crippen LogP contribution in [0.3, 0.4) is 0 Å². The van der Waals surface area contributed by atoms with Gasteiger partial charge in [0.2, 0.25) is 11.8 Å². The van der Waals surface area contributed by atoms with Crippen LogP contribution in [0.15, 0.2) is 66.7 Å². The van der Waals surface area contributed by atoms with Gasteiger partial charge in [0.1, 0.15) is 6.04 Å². The van der Waals surface area contributed by atoms with Crippen LogP contribution < -0.4 is 5.32 Å². The molecule has 0 spiro atoms. The Labute approximate surface area is 191 Å². The molecule has 0 aliphatic carbocycles. The third kappa shape index (κ3) is 6.19. The first-order valence-electron chi connectivity index (χ1n) is 11.3. The van der Waals surface area contributed by atoms with Crippen molar-refractivity contribution in [1.82, 2.24) is 10.2 Å². The number of hydrogen-bond donors (Lipinski definition) is 1. The lowest BCUT2D eigenvalue weighted by Gasteiger charge is -2.31. The summed E-state index contributed by atoms with van der Waals surface area (Å²) in [6.45, 7) is 10.1. The van der Waals surface area contributed by atoms with Crippen LogP contribution >= 0.6 is 0 Å². The molecule has 4 heteroatoms. The summed E-state index contributed by atoms with van der Waals surface area (Å²) in [4.78, 5) is 28.0. The Kier molecular flexibility index (Phi) is 7.34. The number of carbonyl (C=O) groups excluding carboxylic acids is 2. The van der Waals surface area contributed by atoms with Crippen LogP contribution in [0.2, 0.25) is 0 Å². The van der Waals surface area contributed by atoms with Crippen molar-refractivity contribution in [3.05, 3.63) is 83.4 Å². The molecule has 0 heterocycles. The minimum Gasteiger partial charge on any atom is -0.350 e. The van der Waals surface area contributed by atoms with Gasteiger partial charge >= 0.3 is 0 Å². The highest BCUT2D eigenvalue weighted by Crippen LogP contribution is 2.21. The second-order valence-corrected chi connectivity index (χ2v) is 9.56. The largest absolute Gasteiger partial charge is 0.350 e. The molecule has 0 aromatic heterocycles. The molecule has 0 saturated carbocycles. The van der Waals surface area contributed by atoms with E-state index in [0.717, 1.165) is 16.7 Å². The van der Waals surface area contributed by atoms with E-state index in [-0.39, 0.29) is 17.4 Å². The molecule has 1 unspecified atom stereocenters. The second-order valence-electron chi connectivity index (χ2n) is 9.56. The quantitative estimate of drug-likeness (QED) is 0.545. The number of hydrogen-bond acceptors (Lipinski definition) is 2. The fourth-order valence-electron chi connectivity index (χ4n) is 3.96. The van der Waals surface area contributed by atoms with Crippen LogP contribution in [0.4, 0.5) is 0 Å². The summed E-state index contributed by atoms with van der Waals surface area (Å²) < 4.78 is 0. The molecule has 168 valence electrons. The zero-order chi connectivity index (χ0) is 23.3. The number of fused-ring (bicyclic) bond motifs is 1. The van der Waals surface area contributed by atoms with E-state index in [1.54, 1.807) is 4.90 Å². The molecule has 0 aliphatic rings. The van der Waals surface area contributed by atoms with Crippen molar-refractivity contribution < 1.29 is 9.59 Å². The highest BCUT2D eigenvalue weighted by atomic mass is 16.2. The van der Waals surface area contributed by atoms with E-state index >= 15 is 0 Å². The van der Waals surface area contributed by atoms with Crippen molar-refractivity contribution in [2.24, 2.45) is 0 Å². The molecule has 0 aliphatic heterocycles. The zero-order valence-corrected chi connectivity index (χ0v) is 19.8. The summed E-state index contributed by atoms with van der Waals surface area (Å²) in [6, 6.07) is 22.0. The van der Waals surface area contributed by atoms with E-state index in [0.29, 0.717) is 19.4 Å². The molecule has 32 heavy (non-hydrogen) atoms. The van der Waals surface area contributed by atoms with Crippen molar-refractivity contribution in [3.63, 3.8) is 0 Å². The van der Waals surface area contributed by atoms with Gasteiger partial charge in [0.05, 0.1) is 0 Å². The van der Waals surface area contributed by atoms with Crippen LogP contribution in [-0.2, 0) is 22.6 Å². The maximum absolute atomic E-state index is 13.4. The van der Waals surface area contributed by atoms with Crippen molar-refractivity contribution in [2.45, 2.75) is 65.6 Å². The molecule has 0 fully saturated rings. The van der Waals surface area contributed by atoms with Gasteiger partial charge in [-0.05, 0) is 62.9 Å². The molecule has 4 nitrogen and oxygen atoms in total. The van der Waals surface area contributed by atoms with Gasteiger partial charge in [-0.25, -0.2) is 0 Å². The zero-order valence-electron chi connectivity index (χ0n) is 19.8. The number of amides is 2. The van der Waals surface area contributed by atoms with E-state index in [1.807, 2.05) is 71.0 Å². The van der Waals surface area contributed by atoms with E-state index in [9.17, 15) is 9.59 Å². The Hall–Kier alpha value is -3.14. The number of aryl methyl sites for hydroxylation is 2. The molecule has 1 N–H and O–H groups in total. The van der Waals surface area contributed by atoms with Crippen LogP contribution in [-0.4, -0.2) is 28.3 Å². The maximum atomic E-state index is 13.4. The molecular formula is C28H34N2O2. The lowest BCUT2D eigenvalue weighted by Crippen LogP contribution is -2.52. The predicted molar refractivity (Wildman–Crippen MR) is 131 cm³/mol. The first-order chi connectivity index (χ1) is 15.1. The summed E-state index contributed by atoms with van der Waals surface area (Å²) in [5.41, 5.74) is 2.96. The van der Waals surface area contributed by atoms with E-state index in [4.69, 9.17) is 0 Å². The lowest BCUT2D eigenvalue weighted by atomic mass is 10.00. The Morgan fingerprint density at radius 2 is 1.66 bits per heavy atom. The molecule has 0 radical (unpaired) electrons. The first-order valence-corrected chi connectivity index (χ1v) is 11.3. The minimum absolute atomic E-state index is 0.0176. The smallest absolute Gasteiger partial charge is 0.242 e. The average Bonchev–Trinajstić information content (AvgIpc) is 2.74. The molecular weight excluding hydrogens is 396 g/mol. The van der Waals surface area contributed by atoms with E-state index < -0.39 is 6.04 Å². The van der Waals surface area contributed by atoms with Crippen molar-refractivity contribution in [2.75, 3.05) is 0 Å². The molecule has 3 aromatic rings. The monoisotopic (exact) mass is 430 g/mol. The van der Waals surface area contributed by atoms with Gasteiger partial charge in [-0.1, -0.05) is 72.3 Å². The average molecular weight is 431 g/mol. The number of rotatable bonds is 7. The molecule has 3 rings (SSSR count). The van der Waals surface area contributed by atoms with Gasteiger partial charge in [0.25, 0.3) is 0 Å². The SMILES string of the molecule is Cc1cccc(CN(C(=O)CCc2cccc3ccccc23)C(C)C(=O)NC(C)(C)C)c1. The number of benzene rings is 3. The molecule has 2 amide bonds. The Morgan fingerprint density at radius 1 is 0.969 bits per heavy atom. The minimum atomic E-state index is -0.560. The number of nitrogens with one attached hydrogen (secondary N) is 1. The topological polar surface area (TPSA) is 49.4 Å². The summed E-state index contributed by atoms with van der Waals surface area (Å²) in [6.07, 6.45) is 0.991. The van der Waals surface area contributed by atoms with Crippen LogP contribution in [0.25, 0.3) is 10.8 Å².